The molecule has 3 heteroatoms. The van der Waals surface area contributed by atoms with Gasteiger partial charge < -0.3 is 5.73 Å². The molecule has 0 amide bonds. The summed E-state index contributed by atoms with van der Waals surface area (Å²) >= 11 is 11.9. The van der Waals surface area contributed by atoms with Crippen molar-refractivity contribution in [2.45, 2.75) is 18.9 Å². The Morgan fingerprint density at radius 3 is 2.79 bits per heavy atom. The lowest BCUT2D eigenvalue weighted by molar-refractivity contribution is 0.668. The quantitative estimate of drug-likeness (QED) is 0.788. The first kappa shape index (κ1) is 11.4. The Morgan fingerprint density at radius 1 is 1.43 bits per heavy atom. The second-order valence-corrected chi connectivity index (χ2v) is 3.78. The topological polar surface area (TPSA) is 26.0 Å². The minimum Gasteiger partial charge on any atom is -0.324 e. The summed E-state index contributed by atoms with van der Waals surface area (Å²) < 4.78 is 0. The van der Waals surface area contributed by atoms with Gasteiger partial charge >= 0.3 is 0 Å². The lowest BCUT2D eigenvalue weighted by atomic mass is 10.0. The van der Waals surface area contributed by atoms with Gasteiger partial charge in [0.2, 0.25) is 0 Å². The van der Waals surface area contributed by atoms with E-state index in [2.05, 4.69) is 5.92 Å². The van der Waals surface area contributed by atoms with Crippen LogP contribution in [0.25, 0.3) is 0 Å². The minimum atomic E-state index is -0.141. The summed E-state index contributed by atoms with van der Waals surface area (Å²) in [5, 5.41) is 1.05. The molecular weight excluding hydrogens is 217 g/mol. The molecular formula is C11H11Cl2N. The predicted molar refractivity (Wildman–Crippen MR) is 61.5 cm³/mol. The van der Waals surface area contributed by atoms with Crippen molar-refractivity contribution in [1.82, 2.24) is 0 Å². The van der Waals surface area contributed by atoms with Gasteiger partial charge in [-0.15, -0.1) is 12.3 Å². The van der Waals surface area contributed by atoms with Crippen LogP contribution in [0.5, 0.6) is 0 Å². The molecule has 14 heavy (non-hydrogen) atoms. The van der Waals surface area contributed by atoms with Gasteiger partial charge in [-0.05, 0) is 18.1 Å². The summed E-state index contributed by atoms with van der Waals surface area (Å²) in [7, 11) is 0. The van der Waals surface area contributed by atoms with Crippen LogP contribution in [0.2, 0.25) is 10.0 Å². The highest BCUT2D eigenvalue weighted by molar-refractivity contribution is 6.42. The fourth-order valence-corrected chi connectivity index (χ4v) is 1.65. The Bertz CT molecular complexity index is 355. The zero-order valence-corrected chi connectivity index (χ0v) is 9.15. The van der Waals surface area contributed by atoms with Crippen LogP contribution in [-0.4, -0.2) is 0 Å². The molecule has 0 spiro atoms. The highest BCUT2D eigenvalue weighted by Gasteiger charge is 2.11. The number of hydrogen-bond donors (Lipinski definition) is 1. The molecule has 2 N–H and O–H groups in total. The summed E-state index contributed by atoms with van der Waals surface area (Å²) in [5.74, 6) is 2.55. The summed E-state index contributed by atoms with van der Waals surface area (Å²) in [4.78, 5) is 0. The average molecular weight is 228 g/mol. The van der Waals surface area contributed by atoms with Crippen LogP contribution in [0.4, 0.5) is 0 Å². The molecule has 0 aliphatic rings. The van der Waals surface area contributed by atoms with E-state index in [1.54, 1.807) is 6.07 Å². The molecule has 1 aromatic rings. The van der Waals surface area contributed by atoms with E-state index in [0.29, 0.717) is 16.5 Å². The average Bonchev–Trinajstić information content (AvgIpc) is 2.18. The van der Waals surface area contributed by atoms with Gasteiger partial charge in [-0.3, -0.25) is 0 Å². The highest BCUT2D eigenvalue weighted by Crippen LogP contribution is 2.30. The van der Waals surface area contributed by atoms with E-state index in [1.165, 1.54) is 0 Å². The first-order valence-electron chi connectivity index (χ1n) is 4.29. The normalized spacial score (nSPS) is 12.1. The van der Waals surface area contributed by atoms with Gasteiger partial charge in [-0.1, -0.05) is 35.3 Å². The van der Waals surface area contributed by atoms with Gasteiger partial charge in [0.05, 0.1) is 10.0 Å². The van der Waals surface area contributed by atoms with Crippen LogP contribution < -0.4 is 5.73 Å². The van der Waals surface area contributed by atoms with Crippen molar-refractivity contribution in [2.75, 3.05) is 0 Å². The minimum absolute atomic E-state index is 0.141. The number of terminal acetylenes is 1. The van der Waals surface area contributed by atoms with Crippen molar-refractivity contribution < 1.29 is 0 Å². The summed E-state index contributed by atoms with van der Waals surface area (Å²) in [6.45, 7) is 0. The first-order chi connectivity index (χ1) is 6.66. The number of benzene rings is 1. The maximum Gasteiger partial charge on any atom is 0.0640 e. The van der Waals surface area contributed by atoms with Gasteiger partial charge in [0.15, 0.2) is 0 Å². The third kappa shape index (κ3) is 2.65. The fraction of sp³-hybridized carbons (Fsp3) is 0.273. The van der Waals surface area contributed by atoms with E-state index in [0.717, 1.165) is 12.0 Å². The van der Waals surface area contributed by atoms with Crippen molar-refractivity contribution >= 4 is 23.2 Å². The Kier molecular flexibility index (Phi) is 4.28. The van der Waals surface area contributed by atoms with Crippen LogP contribution >= 0.6 is 23.2 Å². The standard InChI is InChI=1S/C11H11Cl2N/c1-2-3-7-10(14)8-5-4-6-9(12)11(8)13/h1,4-6,10H,3,7,14H2. The molecule has 0 radical (unpaired) electrons. The molecule has 1 rings (SSSR count). The molecule has 1 atom stereocenters. The van der Waals surface area contributed by atoms with E-state index < -0.39 is 0 Å². The molecule has 0 saturated carbocycles. The van der Waals surface area contributed by atoms with E-state index in [1.807, 2.05) is 12.1 Å². The number of halogens is 2. The predicted octanol–water partition coefficient (Wildman–Crippen LogP) is 3.41. The van der Waals surface area contributed by atoms with Crippen LogP contribution in [-0.2, 0) is 0 Å². The van der Waals surface area contributed by atoms with Gasteiger partial charge in [0.25, 0.3) is 0 Å². The molecule has 1 unspecified atom stereocenters. The van der Waals surface area contributed by atoms with Crippen molar-refractivity contribution in [1.29, 1.82) is 0 Å². The monoisotopic (exact) mass is 227 g/mol. The Balaban J connectivity index is 2.85. The largest absolute Gasteiger partial charge is 0.324 e. The molecule has 0 aliphatic carbocycles. The van der Waals surface area contributed by atoms with Crippen molar-refractivity contribution in [3.05, 3.63) is 33.8 Å². The molecule has 0 fully saturated rings. The molecule has 1 nitrogen and oxygen atoms in total. The van der Waals surface area contributed by atoms with Crippen LogP contribution in [0.15, 0.2) is 18.2 Å². The maximum absolute atomic E-state index is 6.00. The van der Waals surface area contributed by atoms with Crippen molar-refractivity contribution in [2.24, 2.45) is 5.73 Å². The SMILES string of the molecule is C#CCCC(N)c1cccc(Cl)c1Cl. The Labute approximate surface area is 94.2 Å². The molecule has 0 aromatic heterocycles. The Morgan fingerprint density at radius 2 is 2.14 bits per heavy atom. The maximum atomic E-state index is 6.00. The van der Waals surface area contributed by atoms with Gasteiger partial charge in [-0.2, -0.15) is 0 Å². The number of nitrogens with two attached hydrogens (primary N) is 1. The zero-order chi connectivity index (χ0) is 10.6. The van der Waals surface area contributed by atoms with Gasteiger partial charge in [-0.25, -0.2) is 0 Å². The van der Waals surface area contributed by atoms with Gasteiger partial charge in [0.1, 0.15) is 0 Å². The van der Waals surface area contributed by atoms with E-state index in [4.69, 9.17) is 35.4 Å². The molecule has 74 valence electrons. The number of hydrogen-bond acceptors (Lipinski definition) is 1. The zero-order valence-electron chi connectivity index (χ0n) is 7.63. The Hall–Kier alpha value is -0.680. The molecule has 0 saturated heterocycles. The third-order valence-electron chi connectivity index (χ3n) is 1.98. The molecule has 0 aliphatic heterocycles. The third-order valence-corrected chi connectivity index (χ3v) is 2.81. The summed E-state index contributed by atoms with van der Waals surface area (Å²) in [5.41, 5.74) is 6.77. The lowest BCUT2D eigenvalue weighted by Crippen LogP contribution is -2.10. The van der Waals surface area contributed by atoms with Crippen LogP contribution in [0.3, 0.4) is 0 Å². The van der Waals surface area contributed by atoms with Crippen molar-refractivity contribution in [3.8, 4) is 12.3 Å². The fourth-order valence-electron chi connectivity index (χ4n) is 1.20. The second kappa shape index (κ2) is 5.26. The highest BCUT2D eigenvalue weighted by atomic mass is 35.5. The smallest absolute Gasteiger partial charge is 0.0640 e. The van der Waals surface area contributed by atoms with Crippen LogP contribution in [0, 0.1) is 12.3 Å². The van der Waals surface area contributed by atoms with Crippen molar-refractivity contribution in [3.63, 3.8) is 0 Å². The van der Waals surface area contributed by atoms with E-state index >= 15 is 0 Å². The molecule has 0 heterocycles. The van der Waals surface area contributed by atoms with Crippen LogP contribution in [0.1, 0.15) is 24.4 Å². The lowest BCUT2D eigenvalue weighted by Gasteiger charge is -2.12. The number of rotatable bonds is 3. The van der Waals surface area contributed by atoms with Gasteiger partial charge in [0, 0.05) is 12.5 Å². The molecule has 0 bridgehead atoms. The van der Waals surface area contributed by atoms with E-state index in [9.17, 15) is 0 Å². The second-order valence-electron chi connectivity index (χ2n) is 2.99. The van der Waals surface area contributed by atoms with E-state index in [-0.39, 0.29) is 6.04 Å². The first-order valence-corrected chi connectivity index (χ1v) is 5.05. The summed E-state index contributed by atoms with van der Waals surface area (Å²) in [6.07, 6.45) is 6.52. The molecule has 1 aromatic carbocycles. The summed E-state index contributed by atoms with van der Waals surface area (Å²) in [6, 6.07) is 5.30.